The molecule has 0 bridgehead atoms. The van der Waals surface area contributed by atoms with E-state index in [9.17, 15) is 27.2 Å². The van der Waals surface area contributed by atoms with Gasteiger partial charge in [0.1, 0.15) is 17.4 Å². The van der Waals surface area contributed by atoms with Crippen molar-refractivity contribution in [3.05, 3.63) is 59.7 Å². The van der Waals surface area contributed by atoms with Crippen LogP contribution in [0.15, 0.2) is 42.5 Å². The SMILES string of the molecule is O=C(CN1CCN(C(=O)c2cccc(OC(F)F)c2)CC1)Nc1ccc(F)cc1F. The van der Waals surface area contributed by atoms with Gasteiger partial charge in [-0.05, 0) is 30.3 Å². The highest BCUT2D eigenvalue weighted by Gasteiger charge is 2.24. The molecule has 0 unspecified atom stereocenters. The lowest BCUT2D eigenvalue weighted by Gasteiger charge is -2.34. The Morgan fingerprint density at radius 2 is 1.77 bits per heavy atom. The van der Waals surface area contributed by atoms with Crippen molar-refractivity contribution in [1.82, 2.24) is 9.80 Å². The number of carbonyl (C=O) groups is 2. The van der Waals surface area contributed by atoms with Crippen LogP contribution in [0.1, 0.15) is 10.4 Å². The topological polar surface area (TPSA) is 61.9 Å². The first-order valence-corrected chi connectivity index (χ1v) is 9.13. The van der Waals surface area contributed by atoms with Crippen molar-refractivity contribution in [3.8, 4) is 5.75 Å². The van der Waals surface area contributed by atoms with Gasteiger partial charge in [0.25, 0.3) is 5.91 Å². The maximum atomic E-state index is 13.6. The summed E-state index contributed by atoms with van der Waals surface area (Å²) in [6.07, 6.45) is 0. The van der Waals surface area contributed by atoms with E-state index in [-0.39, 0.29) is 29.5 Å². The predicted molar refractivity (Wildman–Crippen MR) is 100 cm³/mol. The van der Waals surface area contributed by atoms with Crippen molar-refractivity contribution < 1.29 is 31.9 Å². The fourth-order valence-corrected chi connectivity index (χ4v) is 3.08. The molecular weight excluding hydrogens is 406 g/mol. The van der Waals surface area contributed by atoms with Crippen LogP contribution in [0.3, 0.4) is 0 Å². The highest BCUT2D eigenvalue weighted by molar-refractivity contribution is 5.95. The minimum absolute atomic E-state index is 0.0173. The Balaban J connectivity index is 1.50. The van der Waals surface area contributed by atoms with Gasteiger partial charge in [-0.25, -0.2) is 8.78 Å². The molecular formula is C20H19F4N3O3. The van der Waals surface area contributed by atoms with Crippen LogP contribution in [0.25, 0.3) is 0 Å². The average Bonchev–Trinajstić information content (AvgIpc) is 2.70. The third-order valence-electron chi connectivity index (χ3n) is 4.54. The number of rotatable bonds is 6. The van der Waals surface area contributed by atoms with E-state index in [0.29, 0.717) is 32.2 Å². The number of amides is 2. The third-order valence-corrected chi connectivity index (χ3v) is 4.54. The lowest BCUT2D eigenvalue weighted by molar-refractivity contribution is -0.117. The van der Waals surface area contributed by atoms with E-state index in [4.69, 9.17) is 0 Å². The number of benzene rings is 2. The van der Waals surface area contributed by atoms with Crippen LogP contribution in [-0.4, -0.2) is 60.9 Å². The molecule has 30 heavy (non-hydrogen) atoms. The monoisotopic (exact) mass is 425 g/mol. The summed E-state index contributed by atoms with van der Waals surface area (Å²) >= 11 is 0. The second-order valence-corrected chi connectivity index (χ2v) is 6.65. The first-order valence-electron chi connectivity index (χ1n) is 9.13. The lowest BCUT2D eigenvalue weighted by atomic mass is 10.1. The van der Waals surface area contributed by atoms with E-state index in [1.54, 1.807) is 9.80 Å². The summed E-state index contributed by atoms with van der Waals surface area (Å²) in [4.78, 5) is 28.0. The van der Waals surface area contributed by atoms with E-state index < -0.39 is 24.2 Å². The summed E-state index contributed by atoms with van der Waals surface area (Å²) in [5.74, 6) is -2.49. The van der Waals surface area contributed by atoms with Crippen LogP contribution in [0.4, 0.5) is 23.2 Å². The molecule has 0 saturated carbocycles. The van der Waals surface area contributed by atoms with Crippen molar-refractivity contribution in [2.24, 2.45) is 0 Å². The van der Waals surface area contributed by atoms with Crippen molar-refractivity contribution in [1.29, 1.82) is 0 Å². The molecule has 0 radical (unpaired) electrons. The van der Waals surface area contributed by atoms with Gasteiger partial charge in [-0.3, -0.25) is 14.5 Å². The van der Waals surface area contributed by atoms with Gasteiger partial charge < -0.3 is 15.0 Å². The first kappa shape index (κ1) is 21.6. The fourth-order valence-electron chi connectivity index (χ4n) is 3.08. The molecule has 3 rings (SSSR count). The summed E-state index contributed by atoms with van der Waals surface area (Å²) < 4.78 is 55.5. The molecule has 160 valence electrons. The molecule has 6 nitrogen and oxygen atoms in total. The molecule has 1 aliphatic heterocycles. The van der Waals surface area contributed by atoms with Gasteiger partial charge >= 0.3 is 6.61 Å². The summed E-state index contributed by atoms with van der Waals surface area (Å²) in [5.41, 5.74) is 0.118. The molecule has 0 aromatic heterocycles. The Kier molecular flexibility index (Phi) is 6.88. The molecule has 0 atom stereocenters. The largest absolute Gasteiger partial charge is 0.435 e. The smallest absolute Gasteiger partial charge is 0.387 e. The van der Waals surface area contributed by atoms with Gasteiger partial charge in [0.15, 0.2) is 0 Å². The Bertz CT molecular complexity index is 918. The van der Waals surface area contributed by atoms with Crippen LogP contribution in [0.5, 0.6) is 5.75 Å². The summed E-state index contributed by atoms with van der Waals surface area (Å²) in [6, 6.07) is 8.43. The number of ether oxygens (including phenoxy) is 1. The average molecular weight is 425 g/mol. The second-order valence-electron chi connectivity index (χ2n) is 6.65. The highest BCUT2D eigenvalue weighted by Crippen LogP contribution is 2.18. The van der Waals surface area contributed by atoms with Gasteiger partial charge in [-0.2, -0.15) is 8.78 Å². The summed E-state index contributed by atoms with van der Waals surface area (Å²) in [7, 11) is 0. The zero-order valence-corrected chi connectivity index (χ0v) is 15.8. The molecule has 2 amide bonds. The van der Waals surface area contributed by atoms with Crippen LogP contribution >= 0.6 is 0 Å². The van der Waals surface area contributed by atoms with Crippen LogP contribution in [-0.2, 0) is 4.79 Å². The fraction of sp³-hybridized carbons (Fsp3) is 0.300. The van der Waals surface area contributed by atoms with E-state index in [1.807, 2.05) is 0 Å². The minimum Gasteiger partial charge on any atom is -0.435 e. The van der Waals surface area contributed by atoms with Crippen molar-refractivity contribution >= 4 is 17.5 Å². The number of anilines is 1. The Hall–Kier alpha value is -3.14. The van der Waals surface area contributed by atoms with Gasteiger partial charge in [-0.1, -0.05) is 6.07 Å². The standard InChI is InChI=1S/C20H19F4N3O3/c21-14-4-5-17(16(22)11-14)25-18(28)12-26-6-8-27(9-7-26)19(29)13-2-1-3-15(10-13)30-20(23)24/h1-5,10-11,20H,6-9,12H2,(H,25,28). The molecule has 2 aromatic carbocycles. The number of alkyl halides is 2. The molecule has 2 aromatic rings. The van der Waals surface area contributed by atoms with Gasteiger partial charge in [0, 0.05) is 37.8 Å². The zero-order valence-electron chi connectivity index (χ0n) is 15.8. The Labute approximate surface area is 170 Å². The van der Waals surface area contributed by atoms with Crippen LogP contribution in [0, 0.1) is 11.6 Å². The number of halogens is 4. The molecule has 1 aliphatic rings. The molecule has 1 saturated heterocycles. The van der Waals surface area contributed by atoms with Gasteiger partial charge in [0.05, 0.1) is 12.2 Å². The lowest BCUT2D eigenvalue weighted by Crippen LogP contribution is -2.50. The highest BCUT2D eigenvalue weighted by atomic mass is 19.3. The molecule has 1 heterocycles. The maximum absolute atomic E-state index is 13.6. The molecule has 10 heteroatoms. The molecule has 1 N–H and O–H groups in total. The van der Waals surface area contributed by atoms with E-state index in [2.05, 4.69) is 10.1 Å². The number of piperazine rings is 1. The van der Waals surface area contributed by atoms with Crippen molar-refractivity contribution in [2.45, 2.75) is 6.61 Å². The molecule has 0 aliphatic carbocycles. The Morgan fingerprint density at radius 1 is 1.03 bits per heavy atom. The van der Waals surface area contributed by atoms with Crippen LogP contribution < -0.4 is 10.1 Å². The minimum atomic E-state index is -2.98. The van der Waals surface area contributed by atoms with Crippen molar-refractivity contribution in [3.63, 3.8) is 0 Å². The van der Waals surface area contributed by atoms with Crippen molar-refractivity contribution in [2.75, 3.05) is 38.0 Å². The number of nitrogens with one attached hydrogen (secondary N) is 1. The molecule has 0 spiro atoms. The first-order chi connectivity index (χ1) is 14.3. The van der Waals surface area contributed by atoms with E-state index in [1.165, 1.54) is 24.3 Å². The Morgan fingerprint density at radius 3 is 2.43 bits per heavy atom. The number of hydrogen-bond acceptors (Lipinski definition) is 4. The summed E-state index contributed by atoms with van der Waals surface area (Å²) in [5, 5.41) is 2.39. The van der Waals surface area contributed by atoms with Gasteiger partial charge in [-0.15, -0.1) is 0 Å². The quantitative estimate of drug-likeness (QED) is 0.723. The summed E-state index contributed by atoms with van der Waals surface area (Å²) in [6.45, 7) is -1.53. The second kappa shape index (κ2) is 9.57. The molecule has 1 fully saturated rings. The van der Waals surface area contributed by atoms with E-state index in [0.717, 1.165) is 12.1 Å². The predicted octanol–water partition coefficient (Wildman–Crippen LogP) is 2.96. The van der Waals surface area contributed by atoms with Gasteiger partial charge in [0.2, 0.25) is 5.91 Å². The zero-order chi connectivity index (χ0) is 21.7. The number of hydrogen-bond donors (Lipinski definition) is 1. The maximum Gasteiger partial charge on any atom is 0.387 e. The normalized spacial score (nSPS) is 14.6. The number of nitrogens with zero attached hydrogens (tertiary/aromatic N) is 2. The number of carbonyl (C=O) groups excluding carboxylic acids is 2. The van der Waals surface area contributed by atoms with Crippen LogP contribution in [0.2, 0.25) is 0 Å². The van der Waals surface area contributed by atoms with E-state index >= 15 is 0 Å². The third kappa shape index (κ3) is 5.69.